The Bertz CT molecular complexity index is 794. The summed E-state index contributed by atoms with van der Waals surface area (Å²) < 4.78 is 0. The normalized spacial score (nSPS) is 22.4. The summed E-state index contributed by atoms with van der Waals surface area (Å²) in [5, 5.41) is 0. The Labute approximate surface area is 168 Å². The van der Waals surface area contributed by atoms with Gasteiger partial charge in [0.05, 0.1) is 5.56 Å². The first-order valence-electron chi connectivity index (χ1n) is 10.6. The van der Waals surface area contributed by atoms with E-state index in [-0.39, 0.29) is 5.91 Å². The lowest BCUT2D eigenvalue weighted by atomic mass is 9.68. The highest BCUT2D eigenvalue weighted by atomic mass is 16.2. The van der Waals surface area contributed by atoms with Crippen molar-refractivity contribution in [3.05, 3.63) is 65.5 Å². The van der Waals surface area contributed by atoms with Crippen molar-refractivity contribution < 1.29 is 4.79 Å². The number of likely N-dealkylation sites (tertiary alicyclic amines) is 2. The van der Waals surface area contributed by atoms with Crippen molar-refractivity contribution in [2.45, 2.75) is 39.0 Å². The van der Waals surface area contributed by atoms with E-state index in [2.05, 4.69) is 47.1 Å². The summed E-state index contributed by atoms with van der Waals surface area (Å²) in [6, 6.07) is 14.8. The molecule has 2 fully saturated rings. The van der Waals surface area contributed by atoms with Gasteiger partial charge in [-0.1, -0.05) is 37.3 Å². The molecular formula is C24H31N3O. The second-order valence-electron chi connectivity index (χ2n) is 8.62. The number of aryl methyl sites for hydroxylation is 1. The molecule has 1 amide bonds. The Hall–Kier alpha value is -2.20. The summed E-state index contributed by atoms with van der Waals surface area (Å²) in [5.41, 5.74) is 3.45. The quantitative estimate of drug-likeness (QED) is 0.807. The summed E-state index contributed by atoms with van der Waals surface area (Å²) in [4.78, 5) is 21.8. The fourth-order valence-corrected chi connectivity index (χ4v) is 5.02. The van der Waals surface area contributed by atoms with Gasteiger partial charge in [0.2, 0.25) is 0 Å². The van der Waals surface area contributed by atoms with Gasteiger partial charge < -0.3 is 9.80 Å². The molecule has 1 atom stereocenters. The lowest BCUT2D eigenvalue weighted by Crippen LogP contribution is -2.52. The maximum atomic E-state index is 12.9. The Morgan fingerprint density at radius 3 is 2.54 bits per heavy atom. The minimum Gasteiger partial charge on any atom is -0.339 e. The Kier molecular flexibility index (Phi) is 5.49. The minimum absolute atomic E-state index is 0.130. The molecule has 0 bridgehead atoms. The standard InChI is InChI=1S/C24H31N3O/c1-3-26-17-22(20-7-5-4-6-8-20)15-24(18-26)11-13-27(14-12-24)23(28)21-10-9-19(2)25-16-21/h4-10,16,22H,3,11-15,17-18H2,1-2H3/t22-/m1/s1. The van der Waals surface area contributed by atoms with Crippen LogP contribution in [-0.2, 0) is 0 Å². The van der Waals surface area contributed by atoms with Crippen molar-refractivity contribution in [1.29, 1.82) is 0 Å². The predicted octanol–water partition coefficient (Wildman–Crippen LogP) is 4.12. The Morgan fingerprint density at radius 1 is 1.14 bits per heavy atom. The van der Waals surface area contributed by atoms with E-state index in [0.717, 1.165) is 44.7 Å². The number of hydrogen-bond acceptors (Lipinski definition) is 3. The molecule has 0 N–H and O–H groups in total. The van der Waals surface area contributed by atoms with Crippen LogP contribution in [0.15, 0.2) is 48.7 Å². The van der Waals surface area contributed by atoms with E-state index in [4.69, 9.17) is 0 Å². The third-order valence-corrected chi connectivity index (χ3v) is 6.70. The summed E-state index contributed by atoms with van der Waals surface area (Å²) in [5.74, 6) is 0.726. The molecule has 0 saturated carbocycles. The van der Waals surface area contributed by atoms with Crippen LogP contribution in [0, 0.1) is 12.3 Å². The van der Waals surface area contributed by atoms with E-state index < -0.39 is 0 Å². The third-order valence-electron chi connectivity index (χ3n) is 6.70. The number of rotatable bonds is 3. The smallest absolute Gasteiger partial charge is 0.255 e. The van der Waals surface area contributed by atoms with E-state index in [0.29, 0.717) is 16.9 Å². The molecule has 0 unspecified atom stereocenters. The number of likely N-dealkylation sites (N-methyl/N-ethyl adjacent to an activating group) is 1. The summed E-state index contributed by atoms with van der Waals surface area (Å²) >= 11 is 0. The van der Waals surface area contributed by atoms with Gasteiger partial charge in [0.1, 0.15) is 0 Å². The van der Waals surface area contributed by atoms with Gasteiger partial charge in [0, 0.05) is 38.1 Å². The molecule has 0 aliphatic carbocycles. The van der Waals surface area contributed by atoms with Crippen LogP contribution in [0.3, 0.4) is 0 Å². The molecule has 2 aliphatic heterocycles. The van der Waals surface area contributed by atoms with Crippen LogP contribution in [0.4, 0.5) is 0 Å². The highest BCUT2D eigenvalue weighted by Crippen LogP contribution is 2.45. The molecule has 2 aromatic rings. The number of amides is 1. The SMILES string of the molecule is CCN1C[C@H](c2ccccc2)CC2(CCN(C(=O)c3ccc(C)nc3)CC2)C1. The molecule has 4 rings (SSSR count). The van der Waals surface area contributed by atoms with Crippen LogP contribution in [0.1, 0.15) is 53.7 Å². The van der Waals surface area contributed by atoms with E-state index >= 15 is 0 Å². The summed E-state index contributed by atoms with van der Waals surface area (Å²) in [7, 11) is 0. The van der Waals surface area contributed by atoms with Crippen molar-refractivity contribution in [2.24, 2.45) is 5.41 Å². The minimum atomic E-state index is 0.130. The fraction of sp³-hybridized carbons (Fsp3) is 0.500. The fourth-order valence-electron chi connectivity index (χ4n) is 5.02. The molecular weight excluding hydrogens is 346 g/mol. The maximum Gasteiger partial charge on any atom is 0.255 e. The van der Waals surface area contributed by atoms with Crippen LogP contribution in [0.2, 0.25) is 0 Å². The van der Waals surface area contributed by atoms with Crippen LogP contribution >= 0.6 is 0 Å². The number of hydrogen-bond donors (Lipinski definition) is 0. The number of carbonyl (C=O) groups is 1. The van der Waals surface area contributed by atoms with Crippen LogP contribution in [0.25, 0.3) is 0 Å². The molecule has 0 radical (unpaired) electrons. The van der Waals surface area contributed by atoms with E-state index in [1.807, 2.05) is 24.0 Å². The first-order valence-corrected chi connectivity index (χ1v) is 10.6. The highest BCUT2D eigenvalue weighted by molar-refractivity contribution is 5.94. The number of nitrogens with zero attached hydrogens (tertiary/aromatic N) is 3. The van der Waals surface area contributed by atoms with Crippen molar-refractivity contribution in [2.75, 3.05) is 32.7 Å². The molecule has 2 aliphatic rings. The van der Waals surface area contributed by atoms with Gasteiger partial charge in [0.25, 0.3) is 5.91 Å². The molecule has 1 aromatic heterocycles. The van der Waals surface area contributed by atoms with Crippen molar-refractivity contribution in [3.8, 4) is 0 Å². The summed E-state index contributed by atoms with van der Waals surface area (Å²) in [6.45, 7) is 9.34. The van der Waals surface area contributed by atoms with Crippen LogP contribution in [0.5, 0.6) is 0 Å². The molecule has 4 heteroatoms. The van der Waals surface area contributed by atoms with Crippen molar-refractivity contribution in [3.63, 3.8) is 0 Å². The van der Waals surface area contributed by atoms with Gasteiger partial charge in [0.15, 0.2) is 0 Å². The van der Waals surface area contributed by atoms with Gasteiger partial charge in [-0.15, -0.1) is 0 Å². The molecule has 3 heterocycles. The lowest BCUT2D eigenvalue weighted by Gasteiger charge is -2.50. The zero-order chi connectivity index (χ0) is 19.6. The molecule has 1 spiro atoms. The second kappa shape index (κ2) is 8.04. The van der Waals surface area contributed by atoms with E-state index in [1.165, 1.54) is 18.5 Å². The monoisotopic (exact) mass is 377 g/mol. The van der Waals surface area contributed by atoms with E-state index in [1.54, 1.807) is 6.20 Å². The third kappa shape index (κ3) is 3.97. The topological polar surface area (TPSA) is 36.4 Å². The van der Waals surface area contributed by atoms with Crippen molar-refractivity contribution in [1.82, 2.24) is 14.8 Å². The molecule has 1 aromatic carbocycles. The number of carbonyl (C=O) groups excluding carboxylic acids is 1. The summed E-state index contributed by atoms with van der Waals surface area (Å²) in [6.07, 6.45) is 5.14. The number of pyridine rings is 1. The average molecular weight is 378 g/mol. The predicted molar refractivity (Wildman–Crippen MR) is 112 cm³/mol. The number of benzene rings is 1. The molecule has 148 valence electrons. The first kappa shape index (κ1) is 19.1. The average Bonchev–Trinajstić information content (AvgIpc) is 2.74. The van der Waals surface area contributed by atoms with Gasteiger partial charge in [-0.05, 0) is 61.8 Å². The highest BCUT2D eigenvalue weighted by Gasteiger charge is 2.42. The zero-order valence-electron chi connectivity index (χ0n) is 17.1. The zero-order valence-corrected chi connectivity index (χ0v) is 17.1. The van der Waals surface area contributed by atoms with Crippen LogP contribution < -0.4 is 0 Å². The molecule has 28 heavy (non-hydrogen) atoms. The van der Waals surface area contributed by atoms with Gasteiger partial charge in [-0.3, -0.25) is 9.78 Å². The van der Waals surface area contributed by atoms with Crippen molar-refractivity contribution >= 4 is 5.91 Å². The van der Waals surface area contributed by atoms with Gasteiger partial charge >= 0.3 is 0 Å². The Morgan fingerprint density at radius 2 is 1.89 bits per heavy atom. The van der Waals surface area contributed by atoms with Gasteiger partial charge in [-0.25, -0.2) is 0 Å². The molecule has 2 saturated heterocycles. The lowest BCUT2D eigenvalue weighted by molar-refractivity contribution is 0.0158. The number of piperidine rings is 2. The van der Waals surface area contributed by atoms with Gasteiger partial charge in [-0.2, -0.15) is 0 Å². The number of aromatic nitrogens is 1. The van der Waals surface area contributed by atoms with Crippen LogP contribution in [-0.4, -0.2) is 53.4 Å². The maximum absolute atomic E-state index is 12.9. The first-order chi connectivity index (χ1) is 13.6. The Balaban J connectivity index is 1.45. The second-order valence-corrected chi connectivity index (χ2v) is 8.62. The largest absolute Gasteiger partial charge is 0.339 e. The molecule has 4 nitrogen and oxygen atoms in total. The van der Waals surface area contributed by atoms with E-state index in [9.17, 15) is 4.79 Å².